The number of aryl methyl sites for hydroxylation is 1. The molecule has 1 aromatic rings. The van der Waals surface area contributed by atoms with Gasteiger partial charge in [-0.05, 0) is 39.2 Å². The first-order valence-electron chi connectivity index (χ1n) is 7.66. The first-order valence-corrected chi connectivity index (χ1v) is 7.66. The zero-order chi connectivity index (χ0) is 13.7. The second kappa shape index (κ2) is 7.06. The van der Waals surface area contributed by atoms with Crippen LogP contribution < -0.4 is 5.32 Å². The van der Waals surface area contributed by atoms with Crippen LogP contribution in [0, 0.1) is 0 Å². The molecule has 3 atom stereocenters. The summed E-state index contributed by atoms with van der Waals surface area (Å²) in [5.74, 6) is 1.13. The van der Waals surface area contributed by atoms with Gasteiger partial charge in [0.15, 0.2) is 0 Å². The summed E-state index contributed by atoms with van der Waals surface area (Å²) in [4.78, 5) is 4.58. The highest BCUT2D eigenvalue weighted by Gasteiger charge is 2.32. The van der Waals surface area contributed by atoms with Crippen LogP contribution >= 0.6 is 0 Å². The van der Waals surface area contributed by atoms with Crippen molar-refractivity contribution in [3.8, 4) is 0 Å². The van der Waals surface area contributed by atoms with E-state index in [2.05, 4.69) is 41.8 Å². The Labute approximate surface area is 116 Å². The van der Waals surface area contributed by atoms with E-state index in [1.807, 2.05) is 6.20 Å². The Balaban J connectivity index is 2.13. The van der Waals surface area contributed by atoms with Crippen LogP contribution in [0.4, 0.5) is 0 Å². The molecular formula is C15H27N3O. The van der Waals surface area contributed by atoms with Gasteiger partial charge in [0.1, 0.15) is 5.82 Å². The van der Waals surface area contributed by atoms with E-state index in [0.717, 1.165) is 44.6 Å². The molecule has 0 aliphatic carbocycles. The van der Waals surface area contributed by atoms with Crippen LogP contribution in [0.15, 0.2) is 12.4 Å². The molecule has 0 bridgehead atoms. The quantitative estimate of drug-likeness (QED) is 0.824. The average molecular weight is 265 g/mol. The fourth-order valence-electron chi connectivity index (χ4n) is 2.80. The molecule has 1 aliphatic heterocycles. The number of rotatable bonds is 7. The van der Waals surface area contributed by atoms with Crippen LogP contribution in [0.3, 0.4) is 0 Å². The van der Waals surface area contributed by atoms with Crippen molar-refractivity contribution in [2.45, 2.75) is 71.2 Å². The van der Waals surface area contributed by atoms with E-state index >= 15 is 0 Å². The van der Waals surface area contributed by atoms with Crippen molar-refractivity contribution in [1.29, 1.82) is 0 Å². The van der Waals surface area contributed by atoms with Gasteiger partial charge in [0, 0.05) is 18.9 Å². The molecule has 0 saturated carbocycles. The average Bonchev–Trinajstić information content (AvgIpc) is 3.01. The summed E-state index contributed by atoms with van der Waals surface area (Å²) in [6.07, 6.45) is 9.18. The van der Waals surface area contributed by atoms with Gasteiger partial charge in [-0.25, -0.2) is 4.98 Å². The highest BCUT2D eigenvalue weighted by molar-refractivity contribution is 5.04. The number of nitrogens with zero attached hydrogens (tertiary/aromatic N) is 2. The summed E-state index contributed by atoms with van der Waals surface area (Å²) in [5, 5.41) is 3.62. The third-order valence-electron chi connectivity index (χ3n) is 3.74. The van der Waals surface area contributed by atoms with Crippen molar-refractivity contribution in [2.75, 3.05) is 6.54 Å². The SMILES string of the molecule is CCCNC(c1nccn1CCC)C1CCC(C)O1. The molecule has 1 aliphatic rings. The monoisotopic (exact) mass is 265 g/mol. The van der Waals surface area contributed by atoms with E-state index < -0.39 is 0 Å². The molecule has 2 heterocycles. The highest BCUT2D eigenvalue weighted by Crippen LogP contribution is 2.29. The minimum atomic E-state index is 0.228. The Kier molecular flexibility index (Phi) is 5.40. The topological polar surface area (TPSA) is 39.1 Å². The van der Waals surface area contributed by atoms with Crippen LogP contribution in [0.5, 0.6) is 0 Å². The summed E-state index contributed by atoms with van der Waals surface area (Å²) in [6.45, 7) is 8.60. The number of ether oxygens (including phenoxy) is 1. The zero-order valence-corrected chi connectivity index (χ0v) is 12.4. The Morgan fingerprint density at radius 3 is 2.89 bits per heavy atom. The third-order valence-corrected chi connectivity index (χ3v) is 3.74. The van der Waals surface area contributed by atoms with Crippen molar-refractivity contribution in [2.24, 2.45) is 0 Å². The largest absolute Gasteiger partial charge is 0.373 e. The summed E-state index contributed by atoms with van der Waals surface area (Å²) in [6, 6.07) is 0.228. The highest BCUT2D eigenvalue weighted by atomic mass is 16.5. The Morgan fingerprint density at radius 2 is 2.26 bits per heavy atom. The number of aromatic nitrogens is 2. The molecule has 4 nitrogen and oxygen atoms in total. The maximum absolute atomic E-state index is 6.06. The molecule has 1 saturated heterocycles. The molecule has 0 amide bonds. The predicted octanol–water partition coefficient (Wildman–Crippen LogP) is 2.90. The summed E-state index contributed by atoms with van der Waals surface area (Å²) >= 11 is 0. The van der Waals surface area contributed by atoms with Gasteiger partial charge in [0.25, 0.3) is 0 Å². The van der Waals surface area contributed by atoms with Gasteiger partial charge in [-0.15, -0.1) is 0 Å². The van der Waals surface area contributed by atoms with Gasteiger partial charge in [-0.3, -0.25) is 0 Å². The first kappa shape index (κ1) is 14.5. The molecule has 0 spiro atoms. The van der Waals surface area contributed by atoms with E-state index in [-0.39, 0.29) is 12.1 Å². The second-order valence-corrected chi connectivity index (χ2v) is 5.47. The number of hydrogen-bond acceptors (Lipinski definition) is 3. The molecule has 4 heteroatoms. The van der Waals surface area contributed by atoms with Gasteiger partial charge in [-0.2, -0.15) is 0 Å². The van der Waals surface area contributed by atoms with Gasteiger partial charge in [0.2, 0.25) is 0 Å². The van der Waals surface area contributed by atoms with E-state index in [1.165, 1.54) is 0 Å². The molecule has 0 aromatic carbocycles. The molecule has 19 heavy (non-hydrogen) atoms. The molecule has 108 valence electrons. The van der Waals surface area contributed by atoms with Crippen molar-refractivity contribution in [3.05, 3.63) is 18.2 Å². The number of hydrogen-bond donors (Lipinski definition) is 1. The zero-order valence-electron chi connectivity index (χ0n) is 12.4. The lowest BCUT2D eigenvalue weighted by molar-refractivity contribution is 0.0289. The molecule has 0 radical (unpaired) electrons. The Morgan fingerprint density at radius 1 is 1.42 bits per heavy atom. The van der Waals surface area contributed by atoms with Gasteiger partial charge >= 0.3 is 0 Å². The van der Waals surface area contributed by atoms with Crippen LogP contribution in [0.25, 0.3) is 0 Å². The molecule has 3 unspecified atom stereocenters. The van der Waals surface area contributed by atoms with E-state index in [4.69, 9.17) is 4.74 Å². The maximum Gasteiger partial charge on any atom is 0.128 e. The first-order chi connectivity index (χ1) is 9.26. The predicted molar refractivity (Wildman–Crippen MR) is 77.1 cm³/mol. The van der Waals surface area contributed by atoms with Crippen molar-refractivity contribution in [3.63, 3.8) is 0 Å². The van der Waals surface area contributed by atoms with Crippen molar-refractivity contribution in [1.82, 2.24) is 14.9 Å². The smallest absolute Gasteiger partial charge is 0.128 e. The molecule has 1 fully saturated rings. The number of nitrogens with one attached hydrogen (secondary N) is 1. The minimum Gasteiger partial charge on any atom is -0.373 e. The summed E-state index contributed by atoms with van der Waals surface area (Å²) in [7, 11) is 0. The Hall–Kier alpha value is -0.870. The van der Waals surface area contributed by atoms with Gasteiger partial charge < -0.3 is 14.6 Å². The van der Waals surface area contributed by atoms with Crippen LogP contribution in [-0.4, -0.2) is 28.3 Å². The standard InChI is InChI=1S/C15H27N3O/c1-4-8-16-14(13-7-6-12(3)19-13)15-17-9-11-18(15)10-5-2/h9,11-14,16H,4-8,10H2,1-3H3. The lowest BCUT2D eigenvalue weighted by atomic mass is 10.1. The van der Waals surface area contributed by atoms with E-state index in [1.54, 1.807) is 0 Å². The summed E-state index contributed by atoms with van der Waals surface area (Å²) < 4.78 is 8.33. The van der Waals surface area contributed by atoms with Crippen molar-refractivity contribution >= 4 is 0 Å². The van der Waals surface area contributed by atoms with Crippen LogP contribution in [0.2, 0.25) is 0 Å². The van der Waals surface area contributed by atoms with E-state index in [9.17, 15) is 0 Å². The molecule has 2 rings (SSSR count). The third kappa shape index (κ3) is 3.57. The fourth-order valence-corrected chi connectivity index (χ4v) is 2.80. The minimum absolute atomic E-state index is 0.228. The lowest BCUT2D eigenvalue weighted by Crippen LogP contribution is -2.35. The lowest BCUT2D eigenvalue weighted by Gasteiger charge is -2.25. The van der Waals surface area contributed by atoms with Crippen molar-refractivity contribution < 1.29 is 4.74 Å². The normalized spacial score (nSPS) is 24.8. The number of imidazole rings is 1. The van der Waals surface area contributed by atoms with Gasteiger partial charge in [-0.1, -0.05) is 13.8 Å². The fraction of sp³-hybridized carbons (Fsp3) is 0.800. The summed E-state index contributed by atoms with van der Waals surface area (Å²) in [5.41, 5.74) is 0. The van der Waals surface area contributed by atoms with Crippen LogP contribution in [-0.2, 0) is 11.3 Å². The van der Waals surface area contributed by atoms with E-state index in [0.29, 0.717) is 6.10 Å². The Bertz CT molecular complexity index is 377. The van der Waals surface area contributed by atoms with Gasteiger partial charge in [0.05, 0.1) is 18.2 Å². The maximum atomic E-state index is 6.06. The molecular weight excluding hydrogens is 238 g/mol. The molecule has 1 aromatic heterocycles. The van der Waals surface area contributed by atoms with Crippen LogP contribution in [0.1, 0.15) is 58.3 Å². The molecule has 1 N–H and O–H groups in total. The second-order valence-electron chi connectivity index (χ2n) is 5.47.